The lowest BCUT2D eigenvalue weighted by atomic mass is 9.81. The number of piperidine rings is 2. The molecular weight excluding hydrogens is 891 g/mol. The van der Waals surface area contributed by atoms with Crippen molar-refractivity contribution < 1.29 is 33.4 Å². The highest BCUT2D eigenvalue weighted by molar-refractivity contribution is 6.31. The monoisotopic (exact) mass is 946 g/mol. The highest BCUT2D eigenvalue weighted by atomic mass is 35.5. The summed E-state index contributed by atoms with van der Waals surface area (Å²) in [6.45, 7) is 8.12. The molecule has 7 heterocycles. The average Bonchev–Trinajstić information content (AvgIpc) is 3.71. The third-order valence-corrected chi connectivity index (χ3v) is 13.6. The Bertz CT molecular complexity index is 2400. The lowest BCUT2D eigenvalue weighted by molar-refractivity contribution is -0.140. The highest BCUT2D eigenvalue weighted by Gasteiger charge is 2.34. The molecule has 2 atom stereocenters. The number of nitrogens with zero attached hydrogens (tertiary/aromatic N) is 8. The topological polar surface area (TPSA) is 218 Å². The van der Waals surface area contributed by atoms with E-state index in [4.69, 9.17) is 32.7 Å². The summed E-state index contributed by atoms with van der Waals surface area (Å²) in [6, 6.07) is 6.44. The first-order valence-electron chi connectivity index (χ1n) is 22.7. The summed E-state index contributed by atoms with van der Waals surface area (Å²) in [4.78, 5) is 83.8. The summed E-state index contributed by atoms with van der Waals surface area (Å²) in [5, 5.41) is 15.7. The summed E-state index contributed by atoms with van der Waals surface area (Å²) < 4.78 is 12.9. The molecule has 19 nitrogen and oxygen atoms in total. The van der Waals surface area contributed by atoms with Gasteiger partial charge in [-0.05, 0) is 75.5 Å². The maximum absolute atomic E-state index is 13.6. The molecular formula is C45H56Cl2N12O7. The normalized spacial score (nSPS) is 21.3. The first-order valence-corrected chi connectivity index (χ1v) is 23.4. The minimum Gasteiger partial charge on any atom is -0.474 e. The van der Waals surface area contributed by atoms with Crippen LogP contribution >= 0.6 is 23.2 Å². The minimum atomic E-state index is -0.616. The smallest absolute Gasteiger partial charge is 0.323 e. The molecule has 4 aromatic heterocycles. The van der Waals surface area contributed by atoms with E-state index < -0.39 is 12.1 Å². The van der Waals surface area contributed by atoms with Crippen LogP contribution in [0.1, 0.15) is 81.6 Å². The molecule has 4 aromatic rings. The molecule has 6 amide bonds. The molecule has 1 unspecified atom stereocenters. The van der Waals surface area contributed by atoms with Gasteiger partial charge in [0, 0.05) is 89.6 Å². The highest BCUT2D eigenvalue weighted by Crippen LogP contribution is 2.33. The number of imide groups is 1. The van der Waals surface area contributed by atoms with Gasteiger partial charge in [-0.3, -0.25) is 29.4 Å². The Morgan fingerprint density at radius 3 is 2.32 bits per heavy atom. The Kier molecular flexibility index (Phi) is 15.2. The molecule has 0 radical (unpaired) electrons. The van der Waals surface area contributed by atoms with Gasteiger partial charge < -0.3 is 35.2 Å². The Morgan fingerprint density at radius 1 is 0.864 bits per heavy atom. The Labute approximate surface area is 392 Å². The fourth-order valence-corrected chi connectivity index (χ4v) is 9.75. The van der Waals surface area contributed by atoms with Crippen LogP contribution in [0.3, 0.4) is 0 Å². The molecule has 0 bridgehead atoms. The number of pyridine rings is 2. The number of carbonyl (C=O) groups is 5. The fourth-order valence-electron chi connectivity index (χ4n) is 9.42. The Hall–Kier alpha value is -5.63. The van der Waals surface area contributed by atoms with E-state index in [2.05, 4.69) is 51.1 Å². The van der Waals surface area contributed by atoms with E-state index in [1.165, 1.54) is 30.1 Å². The van der Waals surface area contributed by atoms with Crippen molar-refractivity contribution in [2.24, 2.45) is 17.8 Å². The van der Waals surface area contributed by atoms with Crippen molar-refractivity contribution >= 4 is 75.7 Å². The summed E-state index contributed by atoms with van der Waals surface area (Å²) in [7, 11) is 1.54. The van der Waals surface area contributed by atoms with E-state index in [9.17, 15) is 24.0 Å². The maximum atomic E-state index is 13.6. The molecule has 1 aliphatic carbocycles. The van der Waals surface area contributed by atoms with Gasteiger partial charge >= 0.3 is 6.03 Å². The number of hydrogen-bond acceptors (Lipinski definition) is 13. The van der Waals surface area contributed by atoms with Crippen LogP contribution in [0.25, 0.3) is 5.65 Å². The van der Waals surface area contributed by atoms with Crippen LogP contribution in [0.15, 0.2) is 42.9 Å². The number of hydrogen-bond donors (Lipinski definition) is 4. The van der Waals surface area contributed by atoms with Crippen molar-refractivity contribution in [1.29, 1.82) is 0 Å². The van der Waals surface area contributed by atoms with Gasteiger partial charge in [-0.2, -0.15) is 5.10 Å². The zero-order chi connectivity index (χ0) is 46.3. The maximum Gasteiger partial charge on any atom is 0.323 e. The van der Waals surface area contributed by atoms with E-state index in [1.807, 2.05) is 17.0 Å². The second-order valence-electron chi connectivity index (χ2n) is 17.5. The number of aromatic nitrogens is 5. The van der Waals surface area contributed by atoms with E-state index in [1.54, 1.807) is 19.2 Å². The quantitative estimate of drug-likeness (QED) is 0.0962. The van der Waals surface area contributed by atoms with Crippen LogP contribution in [0.4, 0.5) is 22.0 Å². The molecule has 3 aliphatic heterocycles. The van der Waals surface area contributed by atoms with Crippen LogP contribution in [-0.4, -0.2) is 130 Å². The van der Waals surface area contributed by atoms with Gasteiger partial charge in [-0.1, -0.05) is 29.3 Å². The predicted molar refractivity (Wildman–Crippen MR) is 247 cm³/mol. The molecule has 0 aromatic carbocycles. The molecule has 352 valence electrons. The van der Waals surface area contributed by atoms with Gasteiger partial charge in [-0.25, -0.2) is 24.3 Å². The van der Waals surface area contributed by atoms with Crippen LogP contribution in [0.5, 0.6) is 5.88 Å². The molecule has 8 rings (SSSR count). The lowest BCUT2D eigenvalue weighted by Gasteiger charge is -2.40. The molecule has 4 fully saturated rings. The summed E-state index contributed by atoms with van der Waals surface area (Å²) in [5.74, 6) is 0.688. The third-order valence-electron chi connectivity index (χ3n) is 13.2. The van der Waals surface area contributed by atoms with Crippen molar-refractivity contribution in [3.63, 3.8) is 0 Å². The van der Waals surface area contributed by atoms with Gasteiger partial charge in [0.2, 0.25) is 29.5 Å². The standard InChI is InChI=1S/C45H56Cl2N12O7/c1-27(65-2)40-35(25-50-38-22-36(47)55-59(38)40)53-45(64)52-34-21-32(46)24-51-43(34)66-20-13-48-41(61)29-3-5-30(6-4-29)44(63)58-18-16-56(17-19-58)26-28-11-14-57(15-12-28)37-9-7-31(23-49-37)33-8-10-39(60)54-42(33)62/h7,9,21-25,27-30,33H,3-6,8,10-20,26H2,1-2H3,(H,48,61)(H2,52,53,64)(H,54,60,62)/t27-,29?,30?,33?/m0/s1. The largest absolute Gasteiger partial charge is 0.474 e. The molecule has 21 heteroatoms. The van der Waals surface area contributed by atoms with Crippen LogP contribution in [0.2, 0.25) is 10.2 Å². The van der Waals surface area contributed by atoms with E-state index in [0.717, 1.165) is 70.0 Å². The number of methoxy groups -OCH3 is 1. The van der Waals surface area contributed by atoms with Crippen LogP contribution in [-0.2, 0) is 23.9 Å². The molecule has 4 N–H and O–H groups in total. The van der Waals surface area contributed by atoms with Gasteiger partial charge in [0.1, 0.15) is 18.1 Å². The van der Waals surface area contributed by atoms with Crippen LogP contribution < -0.4 is 30.9 Å². The first-order chi connectivity index (χ1) is 31.9. The number of halogens is 2. The number of carbonyl (C=O) groups excluding carboxylic acids is 5. The summed E-state index contributed by atoms with van der Waals surface area (Å²) in [6.07, 6.45) is 9.84. The van der Waals surface area contributed by atoms with Gasteiger partial charge in [0.05, 0.1) is 41.2 Å². The van der Waals surface area contributed by atoms with Crippen molar-refractivity contribution in [1.82, 2.24) is 45.0 Å². The first kappa shape index (κ1) is 46.9. The van der Waals surface area contributed by atoms with Crippen molar-refractivity contribution in [2.45, 2.75) is 70.3 Å². The zero-order valence-corrected chi connectivity index (χ0v) is 38.7. The zero-order valence-electron chi connectivity index (χ0n) is 37.1. The molecule has 0 spiro atoms. The van der Waals surface area contributed by atoms with Gasteiger partial charge in [-0.15, -0.1) is 0 Å². The number of ether oxygens (including phenoxy) is 2. The minimum absolute atomic E-state index is 0.0720. The summed E-state index contributed by atoms with van der Waals surface area (Å²) >= 11 is 12.3. The number of piperazine rings is 1. The molecule has 4 aliphatic rings. The van der Waals surface area contributed by atoms with Crippen molar-refractivity contribution in [2.75, 3.05) is 81.6 Å². The van der Waals surface area contributed by atoms with Gasteiger partial charge in [0.15, 0.2) is 10.8 Å². The molecule has 3 saturated heterocycles. The number of nitrogens with one attached hydrogen (secondary N) is 4. The van der Waals surface area contributed by atoms with E-state index in [0.29, 0.717) is 61.5 Å². The second kappa shape index (κ2) is 21.3. The van der Waals surface area contributed by atoms with Crippen molar-refractivity contribution in [3.05, 3.63) is 64.3 Å². The number of fused-ring (bicyclic) bond motifs is 1. The average molecular weight is 948 g/mol. The SMILES string of the molecule is CO[C@@H](C)c1c(NC(=O)Nc2cc(Cl)cnc2OCCNC(=O)C2CCC(C(=O)N3CCN(CC4CCN(c5ccc(C6CCC(=O)NC6=O)cn5)CC4)CC3)CC2)cnc2cc(Cl)nn12. The lowest BCUT2D eigenvalue weighted by Crippen LogP contribution is -2.52. The fraction of sp³-hybridized carbons (Fsp3) is 0.533. The van der Waals surface area contributed by atoms with Gasteiger partial charge in [0.25, 0.3) is 0 Å². The van der Waals surface area contributed by atoms with Crippen LogP contribution in [0, 0.1) is 17.8 Å². The van der Waals surface area contributed by atoms with E-state index in [-0.39, 0.29) is 76.3 Å². The molecule has 66 heavy (non-hydrogen) atoms. The number of rotatable bonds is 14. The number of amides is 6. The van der Waals surface area contributed by atoms with Crippen molar-refractivity contribution in [3.8, 4) is 5.88 Å². The summed E-state index contributed by atoms with van der Waals surface area (Å²) in [5.41, 5.74) is 2.44. The Morgan fingerprint density at radius 2 is 1.61 bits per heavy atom. The second-order valence-corrected chi connectivity index (χ2v) is 18.3. The number of urea groups is 1. The van der Waals surface area contributed by atoms with E-state index >= 15 is 0 Å². The predicted octanol–water partition coefficient (Wildman–Crippen LogP) is 5.06. The molecule has 1 saturated carbocycles. The number of anilines is 3. The Balaban J connectivity index is 0.717. The third kappa shape index (κ3) is 11.3.